The molecule has 2 rings (SSSR count). The lowest BCUT2D eigenvalue weighted by Gasteiger charge is -1.99. The lowest BCUT2D eigenvalue weighted by molar-refractivity contribution is 0.963. The molecule has 0 radical (unpaired) electrons. The fourth-order valence-electron chi connectivity index (χ4n) is 1.54. The SMILES string of the molecule is CCc1cn2ccc(C)c2c(=O)[nH]1. The van der Waals surface area contributed by atoms with Crippen LogP contribution in [0.5, 0.6) is 0 Å². The Hall–Kier alpha value is -1.51. The smallest absolute Gasteiger partial charge is 0.272 e. The largest absolute Gasteiger partial charge is 0.323 e. The van der Waals surface area contributed by atoms with E-state index in [0.29, 0.717) is 0 Å². The second-order valence-electron chi connectivity index (χ2n) is 3.22. The number of hydrogen-bond donors (Lipinski definition) is 1. The summed E-state index contributed by atoms with van der Waals surface area (Å²) in [5, 5.41) is 0. The molecule has 0 aliphatic rings. The minimum absolute atomic E-state index is 0.00171. The lowest BCUT2D eigenvalue weighted by atomic mass is 10.3. The summed E-state index contributed by atoms with van der Waals surface area (Å²) < 4.78 is 1.88. The van der Waals surface area contributed by atoms with E-state index in [0.717, 1.165) is 23.2 Å². The van der Waals surface area contributed by atoms with E-state index < -0.39 is 0 Å². The number of fused-ring (bicyclic) bond motifs is 1. The predicted octanol–water partition coefficient (Wildman–Crippen LogP) is 1.50. The third kappa shape index (κ3) is 1.16. The van der Waals surface area contributed by atoms with Crippen LogP contribution in [0.2, 0.25) is 0 Å². The van der Waals surface area contributed by atoms with Crippen LogP contribution in [0.3, 0.4) is 0 Å². The van der Waals surface area contributed by atoms with Crippen molar-refractivity contribution in [3.63, 3.8) is 0 Å². The highest BCUT2D eigenvalue weighted by Crippen LogP contribution is 2.06. The van der Waals surface area contributed by atoms with Crippen LogP contribution < -0.4 is 5.56 Å². The monoisotopic (exact) mass is 176 g/mol. The van der Waals surface area contributed by atoms with Crippen LogP contribution in [0, 0.1) is 6.92 Å². The second kappa shape index (κ2) is 2.76. The Kier molecular flexibility index (Phi) is 1.72. The third-order valence-corrected chi connectivity index (χ3v) is 2.28. The molecule has 0 aromatic carbocycles. The average Bonchev–Trinajstić information content (AvgIpc) is 2.48. The van der Waals surface area contributed by atoms with Gasteiger partial charge >= 0.3 is 0 Å². The maximum atomic E-state index is 11.6. The number of nitrogens with zero attached hydrogens (tertiary/aromatic N) is 1. The van der Waals surface area contributed by atoms with E-state index >= 15 is 0 Å². The van der Waals surface area contributed by atoms with Gasteiger partial charge in [-0.1, -0.05) is 6.92 Å². The average molecular weight is 176 g/mol. The molecule has 0 spiro atoms. The number of aromatic nitrogens is 2. The zero-order valence-electron chi connectivity index (χ0n) is 7.79. The number of H-pyrrole nitrogens is 1. The summed E-state index contributed by atoms with van der Waals surface area (Å²) >= 11 is 0. The Morgan fingerprint density at radius 1 is 1.54 bits per heavy atom. The Morgan fingerprint density at radius 3 is 3.00 bits per heavy atom. The van der Waals surface area contributed by atoms with Crippen molar-refractivity contribution in [1.82, 2.24) is 9.38 Å². The van der Waals surface area contributed by atoms with Gasteiger partial charge in [0, 0.05) is 18.1 Å². The van der Waals surface area contributed by atoms with Crippen molar-refractivity contribution in [3.05, 3.63) is 40.1 Å². The van der Waals surface area contributed by atoms with Crippen LogP contribution in [-0.4, -0.2) is 9.38 Å². The summed E-state index contributed by atoms with van der Waals surface area (Å²) in [7, 11) is 0. The molecule has 0 fully saturated rings. The van der Waals surface area contributed by atoms with Gasteiger partial charge in [-0.05, 0) is 25.0 Å². The van der Waals surface area contributed by atoms with E-state index in [-0.39, 0.29) is 5.56 Å². The fraction of sp³-hybridized carbons (Fsp3) is 0.300. The number of rotatable bonds is 1. The summed E-state index contributed by atoms with van der Waals surface area (Å²) in [5.74, 6) is 0. The highest BCUT2D eigenvalue weighted by molar-refractivity contribution is 5.53. The molecule has 0 amide bonds. The van der Waals surface area contributed by atoms with Gasteiger partial charge in [0.25, 0.3) is 5.56 Å². The first kappa shape index (κ1) is 8.10. The molecule has 0 aliphatic heterocycles. The zero-order valence-corrected chi connectivity index (χ0v) is 7.79. The highest BCUT2D eigenvalue weighted by Gasteiger charge is 2.03. The number of aromatic amines is 1. The molecule has 0 bridgehead atoms. The van der Waals surface area contributed by atoms with Crippen molar-refractivity contribution in [2.45, 2.75) is 20.3 Å². The van der Waals surface area contributed by atoms with Crippen LogP contribution in [0.25, 0.3) is 5.52 Å². The molecular weight excluding hydrogens is 164 g/mol. The fourth-order valence-corrected chi connectivity index (χ4v) is 1.54. The van der Waals surface area contributed by atoms with Crippen LogP contribution in [0.15, 0.2) is 23.3 Å². The van der Waals surface area contributed by atoms with Crippen LogP contribution >= 0.6 is 0 Å². The maximum Gasteiger partial charge on any atom is 0.272 e. The van der Waals surface area contributed by atoms with Crippen molar-refractivity contribution >= 4 is 5.52 Å². The molecule has 0 saturated carbocycles. The molecule has 68 valence electrons. The van der Waals surface area contributed by atoms with E-state index in [2.05, 4.69) is 4.98 Å². The van der Waals surface area contributed by atoms with Crippen LogP contribution in [-0.2, 0) is 6.42 Å². The topological polar surface area (TPSA) is 37.3 Å². The Morgan fingerprint density at radius 2 is 2.31 bits per heavy atom. The minimum Gasteiger partial charge on any atom is -0.323 e. The van der Waals surface area contributed by atoms with Crippen molar-refractivity contribution in [2.75, 3.05) is 0 Å². The van der Waals surface area contributed by atoms with Gasteiger partial charge in [0.1, 0.15) is 5.52 Å². The minimum atomic E-state index is 0.00171. The van der Waals surface area contributed by atoms with E-state index in [4.69, 9.17) is 0 Å². The van der Waals surface area contributed by atoms with Crippen molar-refractivity contribution < 1.29 is 0 Å². The van der Waals surface area contributed by atoms with Gasteiger partial charge in [-0.3, -0.25) is 4.79 Å². The first-order valence-corrected chi connectivity index (χ1v) is 4.42. The first-order valence-electron chi connectivity index (χ1n) is 4.42. The van der Waals surface area contributed by atoms with Gasteiger partial charge in [0.2, 0.25) is 0 Å². The molecule has 2 aromatic rings. The molecule has 2 aromatic heterocycles. The predicted molar refractivity (Wildman–Crippen MR) is 52.1 cm³/mol. The number of aryl methyl sites for hydroxylation is 2. The van der Waals surface area contributed by atoms with Gasteiger partial charge in [0.05, 0.1) is 0 Å². The first-order chi connectivity index (χ1) is 6.22. The van der Waals surface area contributed by atoms with Gasteiger partial charge in [-0.25, -0.2) is 0 Å². The molecule has 3 nitrogen and oxygen atoms in total. The summed E-state index contributed by atoms with van der Waals surface area (Å²) in [6, 6.07) is 1.95. The number of nitrogens with one attached hydrogen (secondary N) is 1. The van der Waals surface area contributed by atoms with E-state index in [1.807, 2.05) is 36.7 Å². The number of hydrogen-bond acceptors (Lipinski definition) is 1. The van der Waals surface area contributed by atoms with Crippen molar-refractivity contribution in [1.29, 1.82) is 0 Å². The Balaban J connectivity index is 2.87. The molecule has 1 N–H and O–H groups in total. The zero-order chi connectivity index (χ0) is 9.42. The molecule has 0 aliphatic carbocycles. The standard InChI is InChI=1S/C10H12N2O/c1-3-8-6-12-5-4-7(2)9(12)10(13)11-8/h4-6H,3H2,1-2H3,(H,11,13). The quantitative estimate of drug-likeness (QED) is 0.702. The van der Waals surface area contributed by atoms with Crippen LogP contribution in [0.4, 0.5) is 0 Å². The van der Waals surface area contributed by atoms with E-state index in [1.165, 1.54) is 0 Å². The third-order valence-electron chi connectivity index (χ3n) is 2.28. The molecule has 0 unspecified atom stereocenters. The molecule has 0 atom stereocenters. The van der Waals surface area contributed by atoms with Gasteiger partial charge in [-0.2, -0.15) is 0 Å². The Labute approximate surface area is 76.0 Å². The Bertz CT molecular complexity index is 493. The normalized spacial score (nSPS) is 10.9. The lowest BCUT2D eigenvalue weighted by Crippen LogP contribution is -2.12. The molecular formula is C10H12N2O. The molecule has 13 heavy (non-hydrogen) atoms. The van der Waals surface area contributed by atoms with E-state index in [9.17, 15) is 4.79 Å². The highest BCUT2D eigenvalue weighted by atomic mass is 16.1. The van der Waals surface area contributed by atoms with E-state index in [1.54, 1.807) is 0 Å². The van der Waals surface area contributed by atoms with Crippen molar-refractivity contribution in [2.24, 2.45) is 0 Å². The second-order valence-corrected chi connectivity index (χ2v) is 3.22. The van der Waals surface area contributed by atoms with Gasteiger partial charge in [-0.15, -0.1) is 0 Å². The van der Waals surface area contributed by atoms with Crippen LogP contribution in [0.1, 0.15) is 18.2 Å². The molecule has 0 saturated heterocycles. The van der Waals surface area contributed by atoms with Crippen molar-refractivity contribution in [3.8, 4) is 0 Å². The summed E-state index contributed by atoms with van der Waals surface area (Å²) in [5.41, 5.74) is 2.73. The summed E-state index contributed by atoms with van der Waals surface area (Å²) in [6.07, 6.45) is 4.73. The maximum absolute atomic E-state index is 11.6. The van der Waals surface area contributed by atoms with Gasteiger partial charge < -0.3 is 9.38 Å². The molecule has 2 heterocycles. The molecule has 3 heteroatoms. The summed E-state index contributed by atoms with van der Waals surface area (Å²) in [6.45, 7) is 3.96. The van der Waals surface area contributed by atoms with Gasteiger partial charge in [0.15, 0.2) is 0 Å². The summed E-state index contributed by atoms with van der Waals surface area (Å²) in [4.78, 5) is 14.4.